The van der Waals surface area contributed by atoms with Crippen molar-refractivity contribution in [1.29, 1.82) is 5.26 Å². The van der Waals surface area contributed by atoms with E-state index in [2.05, 4.69) is 21.2 Å². The van der Waals surface area contributed by atoms with Gasteiger partial charge in [-0.05, 0) is 45.8 Å². The van der Waals surface area contributed by atoms with Crippen LogP contribution in [0, 0.1) is 21.4 Å². The molecular weight excluding hydrogens is 518 g/mol. The Hall–Kier alpha value is -4.49. The van der Waals surface area contributed by atoms with Gasteiger partial charge < -0.3 is 14.8 Å². The van der Waals surface area contributed by atoms with E-state index >= 15 is 0 Å². The molecule has 3 rings (SSSR count). The van der Waals surface area contributed by atoms with Crippen molar-refractivity contribution >= 4 is 45.3 Å². The zero-order chi connectivity index (χ0) is 25.4. The van der Waals surface area contributed by atoms with Crippen LogP contribution in [-0.2, 0) is 14.3 Å². The number of amides is 1. The minimum atomic E-state index is -1.39. The van der Waals surface area contributed by atoms with Crippen molar-refractivity contribution in [3.05, 3.63) is 104 Å². The predicted octanol–water partition coefficient (Wildman–Crippen LogP) is 5.20. The molecule has 0 heterocycles. The van der Waals surface area contributed by atoms with Crippen LogP contribution in [0.25, 0.3) is 6.08 Å². The fourth-order valence-corrected chi connectivity index (χ4v) is 3.46. The first-order valence-corrected chi connectivity index (χ1v) is 10.9. The number of nitrogens with zero attached hydrogens (tertiary/aromatic N) is 2. The molecule has 0 radical (unpaired) electrons. The maximum Gasteiger partial charge on any atom is 0.350 e. The Labute approximate surface area is 208 Å². The standard InChI is InChI=1S/C25H18BrN3O6/c1-34-20-10-7-16(8-11-20)13-18(15-27)25(31)35-23(17-5-3-2-4-6-17)24(30)28-22-12-9-19(29(32)33)14-21(22)26/h2-14,23H,1H3,(H,28,30)/b18-13-. The number of nitriles is 1. The highest BCUT2D eigenvalue weighted by atomic mass is 79.9. The van der Waals surface area contributed by atoms with Gasteiger partial charge in [0, 0.05) is 22.2 Å². The maximum absolute atomic E-state index is 13.1. The van der Waals surface area contributed by atoms with E-state index in [0.29, 0.717) is 16.9 Å². The van der Waals surface area contributed by atoms with Crippen LogP contribution in [0.1, 0.15) is 17.2 Å². The molecule has 1 unspecified atom stereocenters. The van der Waals surface area contributed by atoms with Crippen LogP contribution in [-0.4, -0.2) is 23.9 Å². The number of benzene rings is 3. The van der Waals surface area contributed by atoms with Crippen LogP contribution in [0.15, 0.2) is 82.8 Å². The van der Waals surface area contributed by atoms with Gasteiger partial charge in [0.1, 0.15) is 17.4 Å². The molecule has 0 aliphatic rings. The topological polar surface area (TPSA) is 132 Å². The minimum absolute atomic E-state index is 0.164. The largest absolute Gasteiger partial charge is 0.497 e. The Morgan fingerprint density at radius 3 is 2.37 bits per heavy atom. The summed E-state index contributed by atoms with van der Waals surface area (Å²) in [5.41, 5.74) is 0.712. The second kappa shape index (κ2) is 11.6. The lowest BCUT2D eigenvalue weighted by Gasteiger charge is -2.18. The molecule has 0 aliphatic heterocycles. The number of non-ortho nitro benzene ring substituents is 1. The number of halogens is 1. The number of carbonyl (C=O) groups is 2. The van der Waals surface area contributed by atoms with Gasteiger partial charge in [-0.3, -0.25) is 14.9 Å². The first kappa shape index (κ1) is 25.1. The molecule has 9 nitrogen and oxygen atoms in total. The zero-order valence-electron chi connectivity index (χ0n) is 18.3. The van der Waals surface area contributed by atoms with Gasteiger partial charge in [-0.2, -0.15) is 5.26 Å². The number of anilines is 1. The van der Waals surface area contributed by atoms with Crippen LogP contribution in [0.5, 0.6) is 5.75 Å². The first-order chi connectivity index (χ1) is 16.8. The summed E-state index contributed by atoms with van der Waals surface area (Å²) in [6, 6.07) is 20.6. The van der Waals surface area contributed by atoms with E-state index in [1.165, 1.54) is 31.4 Å². The summed E-state index contributed by atoms with van der Waals surface area (Å²) in [6.45, 7) is 0. The molecule has 176 valence electrons. The van der Waals surface area contributed by atoms with Gasteiger partial charge in [0.2, 0.25) is 6.10 Å². The molecule has 0 saturated heterocycles. The monoisotopic (exact) mass is 535 g/mol. The van der Waals surface area contributed by atoms with Crippen molar-refractivity contribution in [3.8, 4) is 11.8 Å². The number of esters is 1. The summed E-state index contributed by atoms with van der Waals surface area (Å²) >= 11 is 3.19. The van der Waals surface area contributed by atoms with E-state index in [4.69, 9.17) is 9.47 Å². The van der Waals surface area contributed by atoms with Gasteiger partial charge in [-0.25, -0.2) is 4.79 Å². The van der Waals surface area contributed by atoms with Crippen molar-refractivity contribution in [1.82, 2.24) is 0 Å². The van der Waals surface area contributed by atoms with Gasteiger partial charge in [0.05, 0.1) is 17.7 Å². The van der Waals surface area contributed by atoms with Crippen molar-refractivity contribution in [3.63, 3.8) is 0 Å². The SMILES string of the molecule is COc1ccc(/C=C(/C#N)C(=O)OC(C(=O)Nc2ccc([N+](=O)[O-])cc2Br)c2ccccc2)cc1. The second-order valence-corrected chi connectivity index (χ2v) is 7.90. The Balaban J connectivity index is 1.86. The molecule has 1 N–H and O–H groups in total. The number of rotatable bonds is 8. The molecule has 35 heavy (non-hydrogen) atoms. The number of nitro benzene ring substituents is 1. The fourth-order valence-electron chi connectivity index (χ4n) is 2.99. The van der Waals surface area contributed by atoms with E-state index in [-0.39, 0.29) is 21.4 Å². The summed E-state index contributed by atoms with van der Waals surface area (Å²) in [4.78, 5) is 36.3. The Morgan fingerprint density at radius 1 is 1.11 bits per heavy atom. The third-order valence-electron chi connectivity index (χ3n) is 4.75. The average molecular weight is 536 g/mol. The minimum Gasteiger partial charge on any atom is -0.497 e. The van der Waals surface area contributed by atoms with E-state index in [9.17, 15) is 25.0 Å². The van der Waals surface area contributed by atoms with Gasteiger partial charge in [-0.1, -0.05) is 42.5 Å². The molecule has 0 bridgehead atoms. The van der Waals surface area contributed by atoms with Crippen molar-refractivity contribution in [2.45, 2.75) is 6.10 Å². The van der Waals surface area contributed by atoms with Crippen LogP contribution < -0.4 is 10.1 Å². The Bertz CT molecular complexity index is 1320. The van der Waals surface area contributed by atoms with Gasteiger partial charge >= 0.3 is 5.97 Å². The molecule has 1 amide bonds. The molecule has 0 saturated carbocycles. The van der Waals surface area contributed by atoms with Crippen LogP contribution in [0.4, 0.5) is 11.4 Å². The second-order valence-electron chi connectivity index (χ2n) is 7.05. The molecule has 3 aromatic carbocycles. The van der Waals surface area contributed by atoms with E-state index in [1.807, 2.05) is 0 Å². The van der Waals surface area contributed by atoms with E-state index in [0.717, 1.165) is 0 Å². The lowest BCUT2D eigenvalue weighted by atomic mass is 10.1. The zero-order valence-corrected chi connectivity index (χ0v) is 19.9. The molecular formula is C25H18BrN3O6. The first-order valence-electron chi connectivity index (χ1n) is 10.1. The molecule has 0 fully saturated rings. The van der Waals surface area contributed by atoms with Gasteiger partial charge in [0.25, 0.3) is 11.6 Å². The Kier molecular flexibility index (Phi) is 8.32. The van der Waals surface area contributed by atoms with E-state index in [1.54, 1.807) is 60.7 Å². The third kappa shape index (κ3) is 6.52. The molecule has 3 aromatic rings. The van der Waals surface area contributed by atoms with Crippen LogP contribution in [0.3, 0.4) is 0 Å². The summed E-state index contributed by atoms with van der Waals surface area (Å²) in [5.74, 6) is -1.09. The molecule has 0 spiro atoms. The normalized spacial score (nSPS) is 11.6. The van der Waals surface area contributed by atoms with E-state index < -0.39 is 22.9 Å². The quantitative estimate of drug-likeness (QED) is 0.138. The van der Waals surface area contributed by atoms with Crippen LogP contribution in [0.2, 0.25) is 0 Å². The Morgan fingerprint density at radius 2 is 1.80 bits per heavy atom. The summed E-state index contributed by atoms with van der Waals surface area (Å²) in [6.07, 6.45) is -0.0484. The summed E-state index contributed by atoms with van der Waals surface area (Å²) in [7, 11) is 1.52. The van der Waals surface area contributed by atoms with Crippen molar-refractivity contribution < 1.29 is 24.0 Å². The molecule has 10 heteroatoms. The number of ether oxygens (including phenoxy) is 2. The average Bonchev–Trinajstić information content (AvgIpc) is 2.87. The predicted molar refractivity (Wildman–Crippen MR) is 131 cm³/mol. The smallest absolute Gasteiger partial charge is 0.350 e. The lowest BCUT2D eigenvalue weighted by Crippen LogP contribution is -2.26. The van der Waals surface area contributed by atoms with Crippen molar-refractivity contribution in [2.24, 2.45) is 0 Å². The number of carbonyl (C=O) groups excluding carboxylic acids is 2. The van der Waals surface area contributed by atoms with Crippen LogP contribution >= 0.6 is 15.9 Å². The fraction of sp³-hybridized carbons (Fsp3) is 0.0800. The van der Waals surface area contributed by atoms with Crippen molar-refractivity contribution in [2.75, 3.05) is 12.4 Å². The van der Waals surface area contributed by atoms with Gasteiger partial charge in [0.15, 0.2) is 0 Å². The number of hydrogen-bond acceptors (Lipinski definition) is 7. The molecule has 1 atom stereocenters. The highest BCUT2D eigenvalue weighted by Crippen LogP contribution is 2.29. The number of hydrogen-bond donors (Lipinski definition) is 1. The molecule has 0 aliphatic carbocycles. The number of nitrogens with one attached hydrogen (secondary N) is 1. The van der Waals surface area contributed by atoms with Gasteiger partial charge in [-0.15, -0.1) is 0 Å². The maximum atomic E-state index is 13.1. The third-order valence-corrected chi connectivity index (χ3v) is 5.41. The lowest BCUT2D eigenvalue weighted by molar-refractivity contribution is -0.384. The highest BCUT2D eigenvalue weighted by Gasteiger charge is 2.27. The number of nitro groups is 1. The number of methoxy groups -OCH3 is 1. The molecule has 0 aromatic heterocycles. The highest BCUT2D eigenvalue weighted by molar-refractivity contribution is 9.10. The summed E-state index contributed by atoms with van der Waals surface area (Å²) < 4.78 is 10.8. The summed E-state index contributed by atoms with van der Waals surface area (Å²) in [5, 5.41) is 23.1.